The summed E-state index contributed by atoms with van der Waals surface area (Å²) in [6.07, 6.45) is 1.69. The summed E-state index contributed by atoms with van der Waals surface area (Å²) in [4.78, 5) is 10.7. The van der Waals surface area contributed by atoms with Gasteiger partial charge in [-0.2, -0.15) is 0 Å². The van der Waals surface area contributed by atoms with Crippen molar-refractivity contribution in [2.75, 3.05) is 7.11 Å². The molecule has 0 bridgehead atoms. The van der Waals surface area contributed by atoms with Crippen molar-refractivity contribution in [1.29, 1.82) is 0 Å². The minimum atomic E-state index is -0.839. The average molecular weight is 224 g/mol. The van der Waals surface area contributed by atoms with Gasteiger partial charge in [0, 0.05) is 5.41 Å². The van der Waals surface area contributed by atoms with Crippen LogP contribution in [0, 0.1) is 5.82 Å². The number of benzene rings is 1. The van der Waals surface area contributed by atoms with E-state index in [2.05, 4.69) is 0 Å². The highest BCUT2D eigenvalue weighted by molar-refractivity contribution is 5.70. The van der Waals surface area contributed by atoms with Crippen LogP contribution in [0.25, 0.3) is 0 Å². The smallest absolute Gasteiger partial charge is 0.304 e. The van der Waals surface area contributed by atoms with Gasteiger partial charge in [-0.25, -0.2) is 4.39 Å². The van der Waals surface area contributed by atoms with Crippen molar-refractivity contribution in [3.8, 4) is 5.75 Å². The highest BCUT2D eigenvalue weighted by Gasteiger charge is 2.46. The molecular formula is C12H13FO3. The molecule has 1 N–H and O–H groups in total. The lowest BCUT2D eigenvalue weighted by Crippen LogP contribution is -2.13. The summed E-state index contributed by atoms with van der Waals surface area (Å²) >= 11 is 0. The molecule has 1 aliphatic carbocycles. The molecule has 0 saturated heterocycles. The van der Waals surface area contributed by atoms with Gasteiger partial charge in [-0.1, -0.05) is 6.07 Å². The summed E-state index contributed by atoms with van der Waals surface area (Å²) in [6.45, 7) is 0. The van der Waals surface area contributed by atoms with Crippen molar-refractivity contribution in [2.45, 2.75) is 24.7 Å². The quantitative estimate of drug-likeness (QED) is 0.853. The zero-order valence-corrected chi connectivity index (χ0v) is 9.00. The number of carbonyl (C=O) groups is 1. The molecule has 4 heteroatoms. The van der Waals surface area contributed by atoms with Gasteiger partial charge in [0.05, 0.1) is 13.5 Å². The monoisotopic (exact) mass is 224 g/mol. The van der Waals surface area contributed by atoms with Crippen molar-refractivity contribution in [3.05, 3.63) is 29.6 Å². The number of ether oxygens (including phenoxy) is 1. The highest BCUT2D eigenvalue weighted by atomic mass is 19.1. The van der Waals surface area contributed by atoms with Crippen molar-refractivity contribution in [3.63, 3.8) is 0 Å². The third-order valence-corrected chi connectivity index (χ3v) is 3.11. The molecule has 2 rings (SSSR count). The highest BCUT2D eigenvalue weighted by Crippen LogP contribution is 2.51. The zero-order chi connectivity index (χ0) is 11.8. The van der Waals surface area contributed by atoms with Crippen LogP contribution in [0.4, 0.5) is 4.39 Å². The number of methoxy groups -OCH3 is 1. The van der Waals surface area contributed by atoms with E-state index in [1.165, 1.54) is 13.2 Å². The topological polar surface area (TPSA) is 46.5 Å². The van der Waals surface area contributed by atoms with Crippen LogP contribution in [0.2, 0.25) is 0 Å². The third kappa shape index (κ3) is 1.87. The summed E-state index contributed by atoms with van der Waals surface area (Å²) < 4.78 is 18.3. The summed E-state index contributed by atoms with van der Waals surface area (Å²) in [6, 6.07) is 4.68. The lowest BCUT2D eigenvalue weighted by atomic mass is 9.92. The van der Waals surface area contributed by atoms with Crippen molar-refractivity contribution >= 4 is 5.97 Å². The molecule has 1 aromatic carbocycles. The van der Waals surface area contributed by atoms with Gasteiger partial charge in [0.25, 0.3) is 0 Å². The second-order valence-corrected chi connectivity index (χ2v) is 4.20. The number of halogens is 1. The fourth-order valence-electron chi connectivity index (χ4n) is 2.00. The van der Waals surface area contributed by atoms with Crippen LogP contribution in [-0.2, 0) is 10.2 Å². The second kappa shape index (κ2) is 3.77. The first-order chi connectivity index (χ1) is 7.57. The summed E-state index contributed by atoms with van der Waals surface area (Å²) in [5.74, 6) is -1.08. The predicted molar refractivity (Wildman–Crippen MR) is 56.1 cm³/mol. The molecule has 0 atom stereocenters. The molecule has 16 heavy (non-hydrogen) atoms. The van der Waals surface area contributed by atoms with Crippen LogP contribution >= 0.6 is 0 Å². The Hall–Kier alpha value is -1.58. The minimum absolute atomic E-state index is 0.0682. The Labute approximate surface area is 92.9 Å². The lowest BCUT2D eigenvalue weighted by molar-refractivity contribution is -0.137. The van der Waals surface area contributed by atoms with Crippen LogP contribution in [-0.4, -0.2) is 18.2 Å². The van der Waals surface area contributed by atoms with E-state index < -0.39 is 11.8 Å². The standard InChI is InChI=1S/C12H13FO3/c1-16-10-3-2-8(6-9(10)13)12(4-5-12)7-11(14)15/h2-3,6H,4-5,7H2,1H3,(H,14,15). The maximum atomic E-state index is 13.5. The Balaban J connectivity index is 2.28. The molecule has 86 valence electrons. The first-order valence-corrected chi connectivity index (χ1v) is 5.13. The van der Waals surface area contributed by atoms with E-state index >= 15 is 0 Å². The van der Waals surface area contributed by atoms with Crippen molar-refractivity contribution < 1.29 is 19.0 Å². The Morgan fingerprint density at radius 3 is 2.69 bits per heavy atom. The summed E-state index contributed by atoms with van der Waals surface area (Å²) in [5, 5.41) is 8.80. The number of rotatable bonds is 4. The number of hydrogen-bond donors (Lipinski definition) is 1. The van der Waals surface area contributed by atoms with E-state index in [1.807, 2.05) is 0 Å². The van der Waals surface area contributed by atoms with E-state index in [9.17, 15) is 9.18 Å². The average Bonchev–Trinajstić information content (AvgIpc) is 2.98. The van der Waals surface area contributed by atoms with E-state index in [-0.39, 0.29) is 17.6 Å². The molecule has 0 amide bonds. The van der Waals surface area contributed by atoms with Crippen LogP contribution in [0.15, 0.2) is 18.2 Å². The largest absolute Gasteiger partial charge is 0.494 e. The zero-order valence-electron chi connectivity index (χ0n) is 9.00. The molecule has 0 unspecified atom stereocenters. The number of carboxylic acids is 1. The van der Waals surface area contributed by atoms with Crippen LogP contribution in [0.5, 0.6) is 5.75 Å². The maximum Gasteiger partial charge on any atom is 0.304 e. The Morgan fingerprint density at radius 2 is 2.25 bits per heavy atom. The van der Waals surface area contributed by atoms with Gasteiger partial charge in [0.15, 0.2) is 11.6 Å². The fourth-order valence-corrected chi connectivity index (χ4v) is 2.00. The molecule has 1 aromatic rings. The van der Waals surface area contributed by atoms with Crippen molar-refractivity contribution in [1.82, 2.24) is 0 Å². The van der Waals surface area contributed by atoms with Crippen LogP contribution in [0.3, 0.4) is 0 Å². The summed E-state index contributed by atoms with van der Waals surface area (Å²) in [5.41, 5.74) is 0.409. The Kier molecular flexibility index (Phi) is 2.58. The number of hydrogen-bond acceptors (Lipinski definition) is 2. The van der Waals surface area contributed by atoms with Crippen LogP contribution in [0.1, 0.15) is 24.8 Å². The molecule has 0 radical (unpaired) electrons. The van der Waals surface area contributed by atoms with Gasteiger partial charge in [0.1, 0.15) is 0 Å². The lowest BCUT2D eigenvalue weighted by Gasteiger charge is -2.13. The normalized spacial score (nSPS) is 16.9. The number of aliphatic carboxylic acids is 1. The van der Waals surface area contributed by atoms with Gasteiger partial charge in [-0.15, -0.1) is 0 Å². The van der Waals surface area contributed by atoms with E-state index in [4.69, 9.17) is 9.84 Å². The maximum absolute atomic E-state index is 13.5. The van der Waals surface area contributed by atoms with Crippen molar-refractivity contribution in [2.24, 2.45) is 0 Å². The second-order valence-electron chi connectivity index (χ2n) is 4.20. The molecular weight excluding hydrogens is 211 g/mol. The number of carboxylic acid groups (broad SMARTS) is 1. The van der Waals surface area contributed by atoms with Gasteiger partial charge >= 0.3 is 5.97 Å². The first-order valence-electron chi connectivity index (χ1n) is 5.13. The Bertz CT molecular complexity index is 424. The molecule has 0 aliphatic heterocycles. The molecule has 1 aliphatic rings. The molecule has 3 nitrogen and oxygen atoms in total. The summed E-state index contributed by atoms with van der Waals surface area (Å²) in [7, 11) is 1.40. The van der Waals surface area contributed by atoms with Gasteiger partial charge < -0.3 is 9.84 Å². The van der Waals surface area contributed by atoms with Gasteiger partial charge in [-0.05, 0) is 30.5 Å². The SMILES string of the molecule is COc1ccc(C2(CC(=O)O)CC2)cc1F. The Morgan fingerprint density at radius 1 is 1.56 bits per heavy atom. The van der Waals surface area contributed by atoms with Crippen LogP contribution < -0.4 is 4.74 Å². The third-order valence-electron chi connectivity index (χ3n) is 3.11. The molecule has 0 spiro atoms. The van der Waals surface area contributed by atoms with Gasteiger partial charge in [-0.3, -0.25) is 4.79 Å². The fraction of sp³-hybridized carbons (Fsp3) is 0.417. The molecule has 1 saturated carbocycles. The van der Waals surface area contributed by atoms with Gasteiger partial charge in [0.2, 0.25) is 0 Å². The molecule has 0 aromatic heterocycles. The van der Waals surface area contributed by atoms with E-state index in [0.717, 1.165) is 18.4 Å². The molecule has 0 heterocycles. The molecule has 1 fully saturated rings. The minimum Gasteiger partial charge on any atom is -0.494 e. The van der Waals surface area contributed by atoms with E-state index in [1.54, 1.807) is 12.1 Å². The van der Waals surface area contributed by atoms with E-state index in [0.29, 0.717) is 0 Å². The predicted octanol–water partition coefficient (Wildman–Crippen LogP) is 2.34. The first kappa shape index (κ1) is 10.9.